The van der Waals surface area contributed by atoms with Gasteiger partial charge in [-0.15, -0.1) is 0 Å². The summed E-state index contributed by atoms with van der Waals surface area (Å²) in [5, 5.41) is 5.04. The zero-order valence-corrected chi connectivity index (χ0v) is 7.44. The van der Waals surface area contributed by atoms with Crippen molar-refractivity contribution in [3.8, 4) is 0 Å². The van der Waals surface area contributed by atoms with E-state index >= 15 is 0 Å². The molecule has 7 heteroatoms. The molecule has 1 rings (SSSR count). The number of hydrogen-bond acceptors (Lipinski definition) is 2. The van der Waals surface area contributed by atoms with Crippen molar-refractivity contribution in [3.63, 3.8) is 0 Å². The van der Waals surface area contributed by atoms with Crippen LogP contribution in [0.3, 0.4) is 0 Å². The second-order valence-electron chi connectivity index (χ2n) is 2.54. The molecule has 1 N–H and O–H groups in total. The lowest BCUT2D eigenvalue weighted by molar-refractivity contribution is -0.114. The molecule has 1 aromatic carbocycles. The van der Waals surface area contributed by atoms with Crippen LogP contribution in [0.2, 0.25) is 0 Å². The number of nitrogens with one attached hydrogen (secondary N) is 1. The predicted molar refractivity (Wildman–Crippen MR) is 49.0 cm³/mol. The van der Waals surface area contributed by atoms with Crippen LogP contribution < -0.4 is 5.32 Å². The highest BCUT2D eigenvalue weighted by molar-refractivity contribution is 5.92. The Morgan fingerprint density at radius 1 is 1.53 bits per heavy atom. The third-order valence-electron chi connectivity index (χ3n) is 1.50. The van der Waals surface area contributed by atoms with E-state index in [-0.39, 0.29) is 5.69 Å². The minimum Gasteiger partial charge on any atom is -0.323 e. The van der Waals surface area contributed by atoms with Gasteiger partial charge in [0.1, 0.15) is 6.54 Å². The average molecular weight is 212 g/mol. The third-order valence-corrected chi connectivity index (χ3v) is 1.50. The van der Waals surface area contributed by atoms with Crippen LogP contribution in [-0.4, -0.2) is 12.5 Å². The van der Waals surface area contributed by atoms with E-state index in [1.54, 1.807) is 0 Å². The number of amides is 1. The van der Waals surface area contributed by atoms with Gasteiger partial charge in [0.25, 0.3) is 0 Å². The normalized spacial score (nSPS) is 9.20. The summed E-state index contributed by atoms with van der Waals surface area (Å²) >= 11 is 0. The van der Waals surface area contributed by atoms with Gasteiger partial charge in [-0.25, -0.2) is 8.78 Å². The van der Waals surface area contributed by atoms with Crippen LogP contribution in [0.1, 0.15) is 0 Å². The van der Waals surface area contributed by atoms with Gasteiger partial charge in [0.05, 0.1) is 5.69 Å². The molecule has 0 aromatic heterocycles. The summed E-state index contributed by atoms with van der Waals surface area (Å²) in [5.41, 5.74) is 7.64. The predicted octanol–water partition coefficient (Wildman–Crippen LogP) is 2.21. The van der Waals surface area contributed by atoms with Gasteiger partial charge >= 0.3 is 0 Å². The van der Waals surface area contributed by atoms with Crippen LogP contribution in [-0.2, 0) is 4.79 Å². The molecular weight excluding hydrogens is 206 g/mol. The van der Waals surface area contributed by atoms with E-state index in [1.165, 1.54) is 12.1 Å². The Bertz CT molecular complexity index is 429. The molecule has 5 nitrogen and oxygen atoms in total. The summed E-state index contributed by atoms with van der Waals surface area (Å²) in [6.45, 7) is -0.466. The second-order valence-corrected chi connectivity index (χ2v) is 2.54. The lowest BCUT2D eigenvalue weighted by Gasteiger charge is -2.04. The molecule has 1 aromatic rings. The molecule has 0 aliphatic carbocycles. The Hall–Kier alpha value is -2.14. The molecule has 0 aliphatic heterocycles. The Morgan fingerprint density at radius 3 is 2.93 bits per heavy atom. The number of anilines is 1. The first kappa shape index (κ1) is 10.9. The number of hydrogen-bond donors (Lipinski definition) is 1. The van der Waals surface area contributed by atoms with Crippen molar-refractivity contribution in [1.82, 2.24) is 0 Å². The maximum atomic E-state index is 13.0. The van der Waals surface area contributed by atoms with Crippen LogP contribution in [0.25, 0.3) is 10.4 Å². The number of rotatable bonds is 3. The summed E-state index contributed by atoms with van der Waals surface area (Å²) in [6.07, 6.45) is 0. The molecule has 0 heterocycles. The highest BCUT2D eigenvalue weighted by Gasteiger charge is 2.09. The largest absolute Gasteiger partial charge is 0.323 e. The van der Waals surface area contributed by atoms with Crippen LogP contribution in [0, 0.1) is 11.6 Å². The molecule has 78 valence electrons. The lowest BCUT2D eigenvalue weighted by atomic mass is 10.3. The van der Waals surface area contributed by atoms with E-state index < -0.39 is 24.1 Å². The summed E-state index contributed by atoms with van der Waals surface area (Å²) < 4.78 is 25.7. The van der Waals surface area contributed by atoms with Crippen molar-refractivity contribution in [1.29, 1.82) is 0 Å². The Labute approximate surface area is 83.3 Å². The van der Waals surface area contributed by atoms with E-state index in [2.05, 4.69) is 15.3 Å². The number of carbonyl (C=O) groups excluding carboxylic acids is 1. The van der Waals surface area contributed by atoms with Crippen LogP contribution >= 0.6 is 0 Å². The van der Waals surface area contributed by atoms with Gasteiger partial charge in [0.2, 0.25) is 5.91 Å². The molecule has 0 aliphatic rings. The van der Waals surface area contributed by atoms with Crippen LogP contribution in [0.5, 0.6) is 0 Å². The average Bonchev–Trinajstić information content (AvgIpc) is 2.22. The van der Waals surface area contributed by atoms with Gasteiger partial charge in [0.15, 0.2) is 11.6 Å². The number of azide groups is 1. The van der Waals surface area contributed by atoms with E-state index in [9.17, 15) is 13.6 Å². The van der Waals surface area contributed by atoms with Gasteiger partial charge in [0, 0.05) is 4.91 Å². The number of benzene rings is 1. The smallest absolute Gasteiger partial charge is 0.230 e. The van der Waals surface area contributed by atoms with E-state index in [4.69, 9.17) is 5.53 Å². The van der Waals surface area contributed by atoms with Crippen molar-refractivity contribution < 1.29 is 13.6 Å². The van der Waals surface area contributed by atoms with Crippen molar-refractivity contribution in [2.75, 3.05) is 11.9 Å². The van der Waals surface area contributed by atoms with Crippen LogP contribution in [0.4, 0.5) is 14.5 Å². The van der Waals surface area contributed by atoms with Gasteiger partial charge < -0.3 is 5.32 Å². The SMILES string of the molecule is [N-]=[N+]=NCC(=O)Nc1cccc(F)c1F. The Morgan fingerprint density at radius 2 is 2.27 bits per heavy atom. The second kappa shape index (κ2) is 4.92. The quantitative estimate of drug-likeness (QED) is 0.465. The van der Waals surface area contributed by atoms with Gasteiger partial charge in [-0.2, -0.15) is 0 Å². The van der Waals surface area contributed by atoms with E-state index in [0.29, 0.717) is 0 Å². The molecule has 1 amide bonds. The van der Waals surface area contributed by atoms with Crippen molar-refractivity contribution in [2.24, 2.45) is 5.11 Å². The maximum absolute atomic E-state index is 13.0. The summed E-state index contributed by atoms with van der Waals surface area (Å²) in [5.74, 6) is -2.92. The van der Waals surface area contributed by atoms with E-state index in [0.717, 1.165) is 6.07 Å². The zero-order chi connectivity index (χ0) is 11.3. The first-order chi connectivity index (χ1) is 7.15. The Kier molecular flexibility index (Phi) is 3.59. The van der Waals surface area contributed by atoms with Gasteiger partial charge in [-0.05, 0) is 17.7 Å². The molecule has 0 saturated heterocycles. The molecular formula is C8H6F2N4O. The van der Waals surface area contributed by atoms with Crippen LogP contribution in [0.15, 0.2) is 23.3 Å². The monoisotopic (exact) mass is 212 g/mol. The fourth-order valence-corrected chi connectivity index (χ4v) is 0.886. The Balaban J connectivity index is 2.76. The lowest BCUT2D eigenvalue weighted by Crippen LogP contribution is -2.15. The molecule has 0 bridgehead atoms. The first-order valence-electron chi connectivity index (χ1n) is 3.90. The highest BCUT2D eigenvalue weighted by Crippen LogP contribution is 2.16. The fraction of sp³-hybridized carbons (Fsp3) is 0.125. The van der Waals surface area contributed by atoms with Crippen molar-refractivity contribution in [3.05, 3.63) is 40.3 Å². The summed E-state index contributed by atoms with van der Waals surface area (Å²) in [6, 6.07) is 3.38. The highest BCUT2D eigenvalue weighted by atomic mass is 19.2. The number of nitrogens with zero attached hydrogens (tertiary/aromatic N) is 3. The molecule has 0 saturated carbocycles. The minimum absolute atomic E-state index is 0.284. The number of carbonyl (C=O) groups is 1. The molecule has 0 spiro atoms. The summed E-state index contributed by atoms with van der Waals surface area (Å²) in [7, 11) is 0. The third kappa shape index (κ3) is 2.92. The van der Waals surface area contributed by atoms with Gasteiger partial charge in [-0.3, -0.25) is 4.79 Å². The fourth-order valence-electron chi connectivity index (χ4n) is 0.886. The van der Waals surface area contributed by atoms with E-state index in [1.807, 2.05) is 0 Å². The molecule has 15 heavy (non-hydrogen) atoms. The molecule has 0 unspecified atom stereocenters. The topological polar surface area (TPSA) is 77.9 Å². The standard InChI is InChI=1S/C8H6F2N4O/c9-5-2-1-3-6(8(5)10)13-7(15)4-12-14-11/h1-3H,4H2,(H,13,15). The minimum atomic E-state index is -1.15. The first-order valence-corrected chi connectivity index (χ1v) is 3.90. The number of halogens is 2. The molecule has 0 radical (unpaired) electrons. The van der Waals surface area contributed by atoms with Crippen molar-refractivity contribution in [2.45, 2.75) is 0 Å². The molecule has 0 atom stereocenters. The molecule has 0 fully saturated rings. The zero-order valence-electron chi connectivity index (χ0n) is 7.44. The summed E-state index contributed by atoms with van der Waals surface area (Å²) in [4.78, 5) is 13.3. The maximum Gasteiger partial charge on any atom is 0.230 e. The van der Waals surface area contributed by atoms with Crippen molar-refractivity contribution >= 4 is 11.6 Å². The van der Waals surface area contributed by atoms with Gasteiger partial charge in [-0.1, -0.05) is 11.2 Å².